The number of anilines is 2. The number of esters is 1. The second-order valence-corrected chi connectivity index (χ2v) is 5.72. The first kappa shape index (κ1) is 16.7. The molecule has 0 bridgehead atoms. The molecule has 2 N–H and O–H groups in total. The van der Waals surface area contributed by atoms with Crippen LogP contribution in [0.5, 0.6) is 0 Å². The van der Waals surface area contributed by atoms with Gasteiger partial charge in [-0.25, -0.2) is 4.79 Å². The quantitative estimate of drug-likeness (QED) is 0.825. The van der Waals surface area contributed by atoms with E-state index in [0.29, 0.717) is 16.3 Å². The summed E-state index contributed by atoms with van der Waals surface area (Å²) in [6.07, 6.45) is -0.917. The largest absolute Gasteiger partial charge is 0.448 e. The van der Waals surface area contributed by atoms with Gasteiger partial charge in [0.2, 0.25) is 5.91 Å². The lowest BCUT2D eigenvalue weighted by molar-refractivity contribution is -0.123. The van der Waals surface area contributed by atoms with E-state index in [1.54, 1.807) is 41.8 Å². The molecule has 0 saturated heterocycles. The van der Waals surface area contributed by atoms with Crippen molar-refractivity contribution in [2.75, 3.05) is 10.6 Å². The molecule has 2 amide bonds. The van der Waals surface area contributed by atoms with Crippen molar-refractivity contribution in [1.29, 1.82) is 0 Å². The summed E-state index contributed by atoms with van der Waals surface area (Å²) < 4.78 is 5.11. The minimum absolute atomic E-state index is 0.170. The van der Waals surface area contributed by atoms with E-state index in [1.165, 1.54) is 25.2 Å². The number of benzene rings is 1. The third kappa shape index (κ3) is 4.93. The zero-order valence-corrected chi connectivity index (χ0v) is 13.5. The summed E-state index contributed by atoms with van der Waals surface area (Å²) in [6.45, 7) is 2.92. The molecule has 23 heavy (non-hydrogen) atoms. The molecular formula is C16H16N2O4S. The second-order valence-electron chi connectivity index (χ2n) is 4.77. The van der Waals surface area contributed by atoms with Crippen LogP contribution in [-0.2, 0) is 14.3 Å². The maximum Gasteiger partial charge on any atom is 0.349 e. The van der Waals surface area contributed by atoms with Crippen molar-refractivity contribution >= 4 is 40.5 Å². The number of carbonyl (C=O) groups excluding carboxylic acids is 3. The summed E-state index contributed by atoms with van der Waals surface area (Å²) in [7, 11) is 0. The molecule has 1 heterocycles. The van der Waals surface area contributed by atoms with Crippen molar-refractivity contribution in [3.63, 3.8) is 0 Å². The smallest absolute Gasteiger partial charge is 0.349 e. The van der Waals surface area contributed by atoms with E-state index in [2.05, 4.69) is 10.6 Å². The molecule has 7 heteroatoms. The minimum Gasteiger partial charge on any atom is -0.448 e. The number of nitrogens with one attached hydrogen (secondary N) is 2. The van der Waals surface area contributed by atoms with Crippen LogP contribution in [0.3, 0.4) is 0 Å². The molecule has 120 valence electrons. The van der Waals surface area contributed by atoms with Crippen LogP contribution in [0.25, 0.3) is 0 Å². The van der Waals surface area contributed by atoms with Gasteiger partial charge in [0.25, 0.3) is 5.91 Å². The van der Waals surface area contributed by atoms with Crippen molar-refractivity contribution in [2.45, 2.75) is 20.0 Å². The van der Waals surface area contributed by atoms with Gasteiger partial charge in [-0.2, -0.15) is 0 Å². The van der Waals surface area contributed by atoms with Crippen molar-refractivity contribution in [2.24, 2.45) is 0 Å². The van der Waals surface area contributed by atoms with E-state index in [0.717, 1.165) is 0 Å². The third-order valence-corrected chi connectivity index (χ3v) is 3.70. The van der Waals surface area contributed by atoms with E-state index >= 15 is 0 Å². The van der Waals surface area contributed by atoms with Gasteiger partial charge in [0.15, 0.2) is 6.10 Å². The van der Waals surface area contributed by atoms with Gasteiger partial charge < -0.3 is 15.4 Å². The number of carbonyl (C=O) groups is 3. The van der Waals surface area contributed by atoms with Crippen LogP contribution in [0.4, 0.5) is 11.4 Å². The number of hydrogen-bond acceptors (Lipinski definition) is 5. The first-order valence-corrected chi connectivity index (χ1v) is 7.76. The van der Waals surface area contributed by atoms with Crippen molar-refractivity contribution in [1.82, 2.24) is 0 Å². The Morgan fingerprint density at radius 1 is 1.04 bits per heavy atom. The highest BCUT2D eigenvalue weighted by molar-refractivity contribution is 7.11. The lowest BCUT2D eigenvalue weighted by atomic mass is 10.2. The number of thiophene rings is 1. The van der Waals surface area contributed by atoms with Gasteiger partial charge in [-0.1, -0.05) is 6.07 Å². The summed E-state index contributed by atoms with van der Waals surface area (Å²) in [4.78, 5) is 35.2. The topological polar surface area (TPSA) is 84.5 Å². The van der Waals surface area contributed by atoms with Gasteiger partial charge in [-0.05, 0) is 42.6 Å². The summed E-state index contributed by atoms with van der Waals surface area (Å²) in [5.41, 5.74) is 1.18. The number of ether oxygens (including phenoxy) is 1. The van der Waals surface area contributed by atoms with Crippen molar-refractivity contribution < 1.29 is 19.1 Å². The molecule has 0 aliphatic rings. The molecule has 0 aliphatic heterocycles. The van der Waals surface area contributed by atoms with Crippen LogP contribution in [0.1, 0.15) is 23.5 Å². The van der Waals surface area contributed by atoms with Crippen LogP contribution in [0.2, 0.25) is 0 Å². The van der Waals surface area contributed by atoms with Gasteiger partial charge in [-0.3, -0.25) is 9.59 Å². The lowest BCUT2D eigenvalue weighted by Crippen LogP contribution is -2.29. The molecule has 0 spiro atoms. The molecule has 0 aliphatic carbocycles. The summed E-state index contributed by atoms with van der Waals surface area (Å²) >= 11 is 1.25. The Kier molecular flexibility index (Phi) is 5.48. The Hall–Kier alpha value is -2.67. The Morgan fingerprint density at radius 3 is 2.17 bits per heavy atom. The third-order valence-electron chi connectivity index (χ3n) is 2.85. The Bertz CT molecular complexity index is 695. The summed E-state index contributed by atoms with van der Waals surface area (Å²) in [5.74, 6) is -1.12. The molecule has 6 nitrogen and oxygen atoms in total. The van der Waals surface area contributed by atoms with Crippen LogP contribution < -0.4 is 10.6 Å². The Balaban J connectivity index is 1.90. The fourth-order valence-electron chi connectivity index (χ4n) is 1.75. The maximum absolute atomic E-state index is 12.0. The Morgan fingerprint density at radius 2 is 1.65 bits per heavy atom. The van der Waals surface area contributed by atoms with Crippen LogP contribution in [-0.4, -0.2) is 23.9 Å². The summed E-state index contributed by atoms with van der Waals surface area (Å²) in [5, 5.41) is 7.04. The van der Waals surface area contributed by atoms with E-state index in [-0.39, 0.29) is 5.91 Å². The minimum atomic E-state index is -0.917. The van der Waals surface area contributed by atoms with Gasteiger partial charge in [-0.15, -0.1) is 11.3 Å². The lowest BCUT2D eigenvalue weighted by Gasteiger charge is -2.13. The average molecular weight is 332 g/mol. The summed E-state index contributed by atoms with van der Waals surface area (Å²) in [6, 6.07) is 10.0. The molecule has 1 aromatic carbocycles. The van der Waals surface area contributed by atoms with Crippen LogP contribution >= 0.6 is 11.3 Å². The number of rotatable bonds is 5. The molecule has 2 aromatic rings. The zero-order chi connectivity index (χ0) is 16.8. The molecule has 1 aromatic heterocycles. The predicted molar refractivity (Wildman–Crippen MR) is 88.6 cm³/mol. The normalized spacial score (nSPS) is 11.4. The highest BCUT2D eigenvalue weighted by atomic mass is 32.1. The van der Waals surface area contributed by atoms with E-state index in [9.17, 15) is 14.4 Å². The molecule has 1 atom stereocenters. The second kappa shape index (κ2) is 7.55. The fraction of sp³-hybridized carbons (Fsp3) is 0.188. The van der Waals surface area contributed by atoms with E-state index < -0.39 is 18.0 Å². The molecule has 0 unspecified atom stereocenters. The predicted octanol–water partition coefficient (Wildman–Crippen LogP) is 2.89. The highest BCUT2D eigenvalue weighted by Gasteiger charge is 2.19. The van der Waals surface area contributed by atoms with Gasteiger partial charge >= 0.3 is 5.97 Å². The average Bonchev–Trinajstić information content (AvgIpc) is 3.03. The standard InChI is InChI=1S/C16H16N2O4S/c1-10(22-16(21)14-4-3-9-23-14)15(20)18-13-7-5-12(6-8-13)17-11(2)19/h3-10H,1-2H3,(H,17,19)(H,18,20)/t10-/m1/s1. The zero-order valence-electron chi connectivity index (χ0n) is 12.7. The molecule has 0 radical (unpaired) electrons. The van der Waals surface area contributed by atoms with Crippen molar-refractivity contribution in [3.05, 3.63) is 46.7 Å². The van der Waals surface area contributed by atoms with Gasteiger partial charge in [0, 0.05) is 18.3 Å². The van der Waals surface area contributed by atoms with Gasteiger partial charge in [0.05, 0.1) is 0 Å². The number of hydrogen-bond donors (Lipinski definition) is 2. The maximum atomic E-state index is 12.0. The van der Waals surface area contributed by atoms with Crippen molar-refractivity contribution in [3.8, 4) is 0 Å². The molecule has 2 rings (SSSR count). The Labute approximate surface area is 137 Å². The first-order valence-electron chi connectivity index (χ1n) is 6.88. The SMILES string of the molecule is CC(=O)Nc1ccc(NC(=O)[C@@H](C)OC(=O)c2cccs2)cc1. The molecular weight excluding hydrogens is 316 g/mol. The van der Waals surface area contributed by atoms with E-state index in [1.807, 2.05) is 0 Å². The highest BCUT2D eigenvalue weighted by Crippen LogP contribution is 2.15. The van der Waals surface area contributed by atoms with Gasteiger partial charge in [0.1, 0.15) is 4.88 Å². The fourth-order valence-corrected chi connectivity index (χ4v) is 2.36. The monoisotopic (exact) mass is 332 g/mol. The van der Waals surface area contributed by atoms with E-state index in [4.69, 9.17) is 4.74 Å². The number of amides is 2. The first-order chi connectivity index (χ1) is 11.0. The molecule has 0 saturated carbocycles. The van der Waals surface area contributed by atoms with Crippen LogP contribution in [0.15, 0.2) is 41.8 Å². The van der Waals surface area contributed by atoms with Crippen LogP contribution in [0, 0.1) is 0 Å². The molecule has 0 fully saturated rings.